The van der Waals surface area contributed by atoms with E-state index in [0.29, 0.717) is 11.5 Å². The first-order valence-electron chi connectivity index (χ1n) is 4.97. The number of aromatic carboxylic acids is 1. The van der Waals surface area contributed by atoms with E-state index in [0.717, 1.165) is 12.0 Å². The van der Waals surface area contributed by atoms with E-state index in [9.17, 15) is 9.90 Å². The van der Waals surface area contributed by atoms with Crippen molar-refractivity contribution in [2.24, 2.45) is 5.92 Å². The van der Waals surface area contributed by atoms with Gasteiger partial charge in [-0.05, 0) is 36.5 Å². The van der Waals surface area contributed by atoms with Crippen LogP contribution in [0.5, 0.6) is 5.75 Å². The second kappa shape index (κ2) is 4.34. The largest absolute Gasteiger partial charge is 0.507 e. The van der Waals surface area contributed by atoms with Crippen LogP contribution in [-0.2, 0) is 6.42 Å². The van der Waals surface area contributed by atoms with E-state index < -0.39 is 5.97 Å². The summed E-state index contributed by atoms with van der Waals surface area (Å²) in [7, 11) is 0. The molecule has 0 amide bonds. The highest BCUT2D eigenvalue weighted by atomic mass is 16.4. The predicted molar refractivity (Wildman–Crippen MR) is 58.3 cm³/mol. The molecular weight excluding hydrogens is 192 g/mol. The topological polar surface area (TPSA) is 57.5 Å². The molecule has 0 fully saturated rings. The smallest absolute Gasteiger partial charge is 0.339 e. The lowest BCUT2D eigenvalue weighted by atomic mass is 9.98. The van der Waals surface area contributed by atoms with E-state index >= 15 is 0 Å². The van der Waals surface area contributed by atoms with Gasteiger partial charge in [0.2, 0.25) is 0 Å². The molecule has 0 atom stereocenters. The highest BCUT2D eigenvalue weighted by Gasteiger charge is 2.13. The number of hydrogen-bond donors (Lipinski definition) is 2. The Morgan fingerprint density at radius 3 is 2.47 bits per heavy atom. The van der Waals surface area contributed by atoms with Gasteiger partial charge in [0.1, 0.15) is 11.3 Å². The van der Waals surface area contributed by atoms with Crippen molar-refractivity contribution in [3.05, 3.63) is 28.8 Å². The number of carboxylic acids is 1. The van der Waals surface area contributed by atoms with Crippen LogP contribution >= 0.6 is 0 Å². The highest BCUT2D eigenvalue weighted by Crippen LogP contribution is 2.25. The molecule has 15 heavy (non-hydrogen) atoms. The third kappa shape index (κ3) is 2.72. The molecule has 0 saturated heterocycles. The molecule has 3 heteroatoms. The van der Waals surface area contributed by atoms with Crippen LogP contribution in [-0.4, -0.2) is 16.2 Å². The van der Waals surface area contributed by atoms with Crippen molar-refractivity contribution in [2.45, 2.75) is 27.2 Å². The van der Waals surface area contributed by atoms with Crippen molar-refractivity contribution in [3.63, 3.8) is 0 Å². The third-order valence-electron chi connectivity index (χ3n) is 2.23. The number of hydrogen-bond acceptors (Lipinski definition) is 2. The molecule has 1 aromatic carbocycles. The number of rotatable bonds is 3. The van der Waals surface area contributed by atoms with Crippen LogP contribution in [0, 0.1) is 12.8 Å². The van der Waals surface area contributed by atoms with Crippen molar-refractivity contribution in [2.75, 3.05) is 0 Å². The van der Waals surface area contributed by atoms with E-state index in [1.807, 2.05) is 6.07 Å². The van der Waals surface area contributed by atoms with Crippen LogP contribution in [0.15, 0.2) is 12.1 Å². The molecule has 0 unspecified atom stereocenters. The summed E-state index contributed by atoms with van der Waals surface area (Å²) in [4.78, 5) is 10.9. The Morgan fingerprint density at radius 1 is 1.40 bits per heavy atom. The molecule has 0 bridgehead atoms. The summed E-state index contributed by atoms with van der Waals surface area (Å²) in [5.41, 5.74) is 1.56. The van der Waals surface area contributed by atoms with Gasteiger partial charge in [-0.25, -0.2) is 4.79 Å². The summed E-state index contributed by atoms with van der Waals surface area (Å²) >= 11 is 0. The monoisotopic (exact) mass is 208 g/mol. The first-order chi connectivity index (χ1) is 6.91. The van der Waals surface area contributed by atoms with Gasteiger partial charge in [0.15, 0.2) is 0 Å². The lowest BCUT2D eigenvalue weighted by Crippen LogP contribution is -2.02. The van der Waals surface area contributed by atoms with Crippen molar-refractivity contribution in [1.29, 1.82) is 0 Å². The maximum absolute atomic E-state index is 10.9. The molecule has 0 aliphatic heterocycles. The number of benzene rings is 1. The molecule has 0 radical (unpaired) electrons. The summed E-state index contributed by atoms with van der Waals surface area (Å²) < 4.78 is 0. The van der Waals surface area contributed by atoms with Crippen molar-refractivity contribution >= 4 is 5.97 Å². The van der Waals surface area contributed by atoms with Crippen LogP contribution in [0.4, 0.5) is 0 Å². The molecule has 0 aromatic heterocycles. The zero-order chi connectivity index (χ0) is 11.6. The van der Waals surface area contributed by atoms with Gasteiger partial charge in [0, 0.05) is 0 Å². The van der Waals surface area contributed by atoms with Crippen LogP contribution < -0.4 is 0 Å². The fourth-order valence-electron chi connectivity index (χ4n) is 1.61. The van der Waals surface area contributed by atoms with Crippen molar-refractivity contribution in [1.82, 2.24) is 0 Å². The first-order valence-corrected chi connectivity index (χ1v) is 4.97. The second-order valence-corrected chi connectivity index (χ2v) is 4.21. The average Bonchev–Trinajstić information content (AvgIpc) is 2.09. The number of aryl methyl sites for hydroxylation is 1. The minimum atomic E-state index is -1.08. The zero-order valence-corrected chi connectivity index (χ0v) is 9.24. The third-order valence-corrected chi connectivity index (χ3v) is 2.23. The quantitative estimate of drug-likeness (QED) is 0.802. The van der Waals surface area contributed by atoms with Gasteiger partial charge in [-0.2, -0.15) is 0 Å². The van der Waals surface area contributed by atoms with Crippen LogP contribution in [0.25, 0.3) is 0 Å². The summed E-state index contributed by atoms with van der Waals surface area (Å²) in [5.74, 6) is -0.744. The SMILES string of the molecule is Cc1cc(CC(C)C)cc(C(=O)O)c1O. The van der Waals surface area contributed by atoms with E-state index in [2.05, 4.69) is 13.8 Å². The Hall–Kier alpha value is -1.51. The Morgan fingerprint density at radius 2 is 2.00 bits per heavy atom. The summed E-state index contributed by atoms with van der Waals surface area (Å²) in [6, 6.07) is 3.38. The van der Waals surface area contributed by atoms with Gasteiger partial charge < -0.3 is 10.2 Å². The molecule has 0 heterocycles. The Labute approximate surface area is 89.4 Å². The minimum Gasteiger partial charge on any atom is -0.507 e. The predicted octanol–water partition coefficient (Wildman–Crippen LogP) is 2.60. The maximum Gasteiger partial charge on any atom is 0.339 e. The van der Waals surface area contributed by atoms with Crippen LogP contribution in [0.1, 0.15) is 35.3 Å². The fourth-order valence-corrected chi connectivity index (χ4v) is 1.61. The van der Waals surface area contributed by atoms with E-state index in [-0.39, 0.29) is 11.3 Å². The Kier molecular flexibility index (Phi) is 3.35. The summed E-state index contributed by atoms with van der Waals surface area (Å²) in [6.07, 6.45) is 0.821. The standard InChI is InChI=1S/C12H16O3/c1-7(2)4-9-5-8(3)11(13)10(6-9)12(14)15/h5-7,13H,4H2,1-3H3,(H,14,15). The number of carboxylic acid groups (broad SMARTS) is 1. The molecule has 0 aliphatic carbocycles. The molecular formula is C12H16O3. The Balaban J connectivity index is 3.17. The van der Waals surface area contributed by atoms with Gasteiger partial charge in [-0.3, -0.25) is 0 Å². The maximum atomic E-state index is 10.9. The molecule has 3 nitrogen and oxygen atoms in total. The van der Waals surface area contributed by atoms with Gasteiger partial charge in [-0.15, -0.1) is 0 Å². The van der Waals surface area contributed by atoms with Crippen molar-refractivity contribution in [3.8, 4) is 5.75 Å². The molecule has 1 rings (SSSR count). The van der Waals surface area contributed by atoms with Gasteiger partial charge in [0.05, 0.1) is 0 Å². The molecule has 0 saturated carbocycles. The van der Waals surface area contributed by atoms with Crippen LogP contribution in [0.2, 0.25) is 0 Å². The number of carbonyl (C=O) groups is 1. The molecule has 0 spiro atoms. The summed E-state index contributed by atoms with van der Waals surface area (Å²) in [6.45, 7) is 5.86. The van der Waals surface area contributed by atoms with Gasteiger partial charge in [-0.1, -0.05) is 19.9 Å². The molecule has 1 aromatic rings. The Bertz CT molecular complexity index is 381. The lowest BCUT2D eigenvalue weighted by molar-refractivity contribution is 0.0693. The van der Waals surface area contributed by atoms with E-state index in [4.69, 9.17) is 5.11 Å². The zero-order valence-electron chi connectivity index (χ0n) is 9.24. The molecule has 82 valence electrons. The second-order valence-electron chi connectivity index (χ2n) is 4.21. The van der Waals surface area contributed by atoms with E-state index in [1.54, 1.807) is 13.0 Å². The summed E-state index contributed by atoms with van der Waals surface area (Å²) in [5, 5.41) is 18.4. The first kappa shape index (κ1) is 11.6. The minimum absolute atomic E-state index is 0.00866. The number of aromatic hydroxyl groups is 1. The highest BCUT2D eigenvalue weighted by molar-refractivity contribution is 5.91. The molecule has 2 N–H and O–H groups in total. The average molecular weight is 208 g/mol. The van der Waals surface area contributed by atoms with Crippen molar-refractivity contribution < 1.29 is 15.0 Å². The lowest BCUT2D eigenvalue weighted by Gasteiger charge is -2.09. The number of phenols is 1. The fraction of sp³-hybridized carbons (Fsp3) is 0.417. The normalized spacial score (nSPS) is 10.7. The van der Waals surface area contributed by atoms with E-state index in [1.165, 1.54) is 0 Å². The van der Waals surface area contributed by atoms with Crippen LogP contribution in [0.3, 0.4) is 0 Å². The molecule has 0 aliphatic rings. The van der Waals surface area contributed by atoms with Gasteiger partial charge in [0.25, 0.3) is 0 Å². The van der Waals surface area contributed by atoms with Gasteiger partial charge >= 0.3 is 5.97 Å².